The minimum absolute atomic E-state index is 0.617. The van der Waals surface area contributed by atoms with Crippen molar-refractivity contribution in [3.63, 3.8) is 0 Å². The predicted molar refractivity (Wildman–Crippen MR) is 65.3 cm³/mol. The molecule has 0 radical (unpaired) electrons. The van der Waals surface area contributed by atoms with E-state index in [0.29, 0.717) is 6.04 Å². The third-order valence-electron chi connectivity index (χ3n) is 4.12. The minimum Gasteiger partial charge on any atom is -0.369 e. The van der Waals surface area contributed by atoms with Crippen LogP contribution in [-0.2, 0) is 0 Å². The van der Waals surface area contributed by atoms with E-state index in [4.69, 9.17) is 0 Å². The van der Waals surface area contributed by atoms with Crippen LogP contribution in [0.1, 0.15) is 52.4 Å². The molecule has 2 rings (SSSR count). The summed E-state index contributed by atoms with van der Waals surface area (Å²) in [4.78, 5) is 4.66. The lowest BCUT2D eigenvalue weighted by molar-refractivity contribution is 0.432. The highest BCUT2D eigenvalue weighted by molar-refractivity contribution is 5.84. The normalized spacial score (nSPS) is 28.9. The fraction of sp³-hybridized carbons (Fsp3) is 0.923. The quantitative estimate of drug-likeness (QED) is 0.754. The van der Waals surface area contributed by atoms with Crippen LogP contribution in [-0.4, -0.2) is 18.4 Å². The number of aliphatic imine (C=N–C) groups is 1. The van der Waals surface area contributed by atoms with Crippen LogP contribution in [0.3, 0.4) is 0 Å². The molecule has 0 aromatic carbocycles. The molecule has 1 fully saturated rings. The molecule has 0 saturated heterocycles. The van der Waals surface area contributed by atoms with Crippen molar-refractivity contribution in [2.24, 2.45) is 16.8 Å². The standard InChI is InChI=1S/C13H24N2/c1-3-10(2)12-9-14-13(15-12)8-11-6-4-5-7-11/h10-12H,3-9H2,1-2H3,(H,14,15)/t10?,12-/m1/s1. The van der Waals surface area contributed by atoms with Gasteiger partial charge in [-0.15, -0.1) is 0 Å². The molecule has 1 unspecified atom stereocenters. The SMILES string of the molecule is CCC(C)[C@H]1CN=C(CC2CCCC2)N1. The molecule has 86 valence electrons. The molecule has 1 saturated carbocycles. The first-order chi connectivity index (χ1) is 7.29. The zero-order chi connectivity index (χ0) is 10.7. The van der Waals surface area contributed by atoms with Crippen molar-refractivity contribution in [3.05, 3.63) is 0 Å². The van der Waals surface area contributed by atoms with E-state index in [1.54, 1.807) is 0 Å². The van der Waals surface area contributed by atoms with Gasteiger partial charge in [-0.05, 0) is 11.8 Å². The Balaban J connectivity index is 1.76. The van der Waals surface area contributed by atoms with Gasteiger partial charge in [0.25, 0.3) is 0 Å². The summed E-state index contributed by atoms with van der Waals surface area (Å²) in [6, 6.07) is 0.617. The van der Waals surface area contributed by atoms with Gasteiger partial charge in [0, 0.05) is 12.5 Å². The first kappa shape index (κ1) is 11.0. The molecule has 0 aromatic heterocycles. The van der Waals surface area contributed by atoms with E-state index in [1.807, 2.05) is 0 Å². The molecule has 2 nitrogen and oxygen atoms in total. The predicted octanol–water partition coefficient (Wildman–Crippen LogP) is 2.98. The minimum atomic E-state index is 0.617. The van der Waals surface area contributed by atoms with Gasteiger partial charge in [0.15, 0.2) is 0 Å². The molecule has 2 atom stereocenters. The molecular weight excluding hydrogens is 184 g/mol. The van der Waals surface area contributed by atoms with Gasteiger partial charge >= 0.3 is 0 Å². The Hall–Kier alpha value is -0.530. The second-order valence-electron chi connectivity index (χ2n) is 5.28. The zero-order valence-corrected chi connectivity index (χ0v) is 10.1. The fourth-order valence-corrected chi connectivity index (χ4v) is 2.73. The molecule has 1 aliphatic heterocycles. The monoisotopic (exact) mass is 208 g/mol. The van der Waals surface area contributed by atoms with Crippen LogP contribution in [0.4, 0.5) is 0 Å². The van der Waals surface area contributed by atoms with Crippen LogP contribution in [0, 0.1) is 11.8 Å². The lowest BCUT2D eigenvalue weighted by Crippen LogP contribution is -2.35. The van der Waals surface area contributed by atoms with Gasteiger partial charge in [0.1, 0.15) is 0 Å². The smallest absolute Gasteiger partial charge is 0.0969 e. The second-order valence-corrected chi connectivity index (χ2v) is 5.28. The van der Waals surface area contributed by atoms with E-state index >= 15 is 0 Å². The topological polar surface area (TPSA) is 24.4 Å². The number of hydrogen-bond acceptors (Lipinski definition) is 2. The van der Waals surface area contributed by atoms with Crippen molar-refractivity contribution in [2.45, 2.75) is 58.4 Å². The summed E-state index contributed by atoms with van der Waals surface area (Å²) < 4.78 is 0. The van der Waals surface area contributed by atoms with Gasteiger partial charge in [-0.1, -0.05) is 46.0 Å². The number of amidine groups is 1. The molecule has 0 aromatic rings. The summed E-state index contributed by atoms with van der Waals surface area (Å²) in [5.41, 5.74) is 0. The fourth-order valence-electron chi connectivity index (χ4n) is 2.73. The summed E-state index contributed by atoms with van der Waals surface area (Å²) in [6.45, 7) is 5.60. The second kappa shape index (κ2) is 5.00. The maximum atomic E-state index is 4.66. The largest absolute Gasteiger partial charge is 0.369 e. The Kier molecular flexibility index (Phi) is 3.66. The number of nitrogens with zero attached hydrogens (tertiary/aromatic N) is 1. The lowest BCUT2D eigenvalue weighted by Gasteiger charge is -2.19. The van der Waals surface area contributed by atoms with E-state index in [9.17, 15) is 0 Å². The summed E-state index contributed by atoms with van der Waals surface area (Å²) in [5, 5.41) is 3.62. The van der Waals surface area contributed by atoms with Crippen molar-refractivity contribution in [1.82, 2.24) is 5.32 Å². The maximum absolute atomic E-state index is 4.66. The highest BCUT2D eigenvalue weighted by Crippen LogP contribution is 2.28. The van der Waals surface area contributed by atoms with Crippen molar-refractivity contribution in [3.8, 4) is 0 Å². The Morgan fingerprint density at radius 1 is 1.40 bits per heavy atom. The van der Waals surface area contributed by atoms with Crippen LogP contribution >= 0.6 is 0 Å². The van der Waals surface area contributed by atoms with Crippen molar-refractivity contribution >= 4 is 5.84 Å². The summed E-state index contributed by atoms with van der Waals surface area (Å²) in [6.07, 6.45) is 8.19. The van der Waals surface area contributed by atoms with Crippen LogP contribution in [0.25, 0.3) is 0 Å². The number of rotatable bonds is 4. The molecule has 2 aliphatic rings. The van der Waals surface area contributed by atoms with Gasteiger partial charge in [-0.2, -0.15) is 0 Å². The van der Waals surface area contributed by atoms with Crippen molar-refractivity contribution < 1.29 is 0 Å². The Labute approximate surface area is 93.6 Å². The molecular formula is C13H24N2. The highest BCUT2D eigenvalue weighted by atomic mass is 15.1. The van der Waals surface area contributed by atoms with Gasteiger partial charge in [-0.3, -0.25) is 4.99 Å². The highest BCUT2D eigenvalue weighted by Gasteiger charge is 2.24. The first-order valence-corrected chi connectivity index (χ1v) is 6.59. The third kappa shape index (κ3) is 2.73. The van der Waals surface area contributed by atoms with Gasteiger partial charge in [0.2, 0.25) is 0 Å². The van der Waals surface area contributed by atoms with Crippen molar-refractivity contribution in [1.29, 1.82) is 0 Å². The van der Waals surface area contributed by atoms with E-state index in [1.165, 1.54) is 44.4 Å². The van der Waals surface area contributed by atoms with Gasteiger partial charge in [-0.25, -0.2) is 0 Å². The van der Waals surface area contributed by atoms with Crippen LogP contribution in [0.5, 0.6) is 0 Å². The molecule has 2 heteroatoms. The molecule has 15 heavy (non-hydrogen) atoms. The molecule has 1 aliphatic carbocycles. The number of nitrogens with one attached hydrogen (secondary N) is 1. The maximum Gasteiger partial charge on any atom is 0.0969 e. The number of hydrogen-bond donors (Lipinski definition) is 1. The van der Waals surface area contributed by atoms with Crippen LogP contribution < -0.4 is 5.32 Å². The van der Waals surface area contributed by atoms with Gasteiger partial charge < -0.3 is 5.32 Å². The lowest BCUT2D eigenvalue weighted by atomic mass is 9.99. The van der Waals surface area contributed by atoms with E-state index in [-0.39, 0.29) is 0 Å². The van der Waals surface area contributed by atoms with Crippen LogP contribution in [0.15, 0.2) is 4.99 Å². The van der Waals surface area contributed by atoms with E-state index < -0.39 is 0 Å². The van der Waals surface area contributed by atoms with Crippen molar-refractivity contribution in [2.75, 3.05) is 6.54 Å². The van der Waals surface area contributed by atoms with E-state index in [0.717, 1.165) is 18.4 Å². The Morgan fingerprint density at radius 3 is 2.80 bits per heavy atom. The van der Waals surface area contributed by atoms with Crippen LogP contribution in [0.2, 0.25) is 0 Å². The average molecular weight is 208 g/mol. The Morgan fingerprint density at radius 2 is 2.13 bits per heavy atom. The zero-order valence-electron chi connectivity index (χ0n) is 10.1. The van der Waals surface area contributed by atoms with Gasteiger partial charge in [0.05, 0.1) is 12.4 Å². The summed E-state index contributed by atoms with van der Waals surface area (Å²) >= 11 is 0. The van der Waals surface area contributed by atoms with E-state index in [2.05, 4.69) is 24.2 Å². The molecule has 1 N–H and O–H groups in total. The molecule has 0 amide bonds. The third-order valence-corrected chi connectivity index (χ3v) is 4.12. The molecule has 0 bridgehead atoms. The first-order valence-electron chi connectivity index (χ1n) is 6.59. The summed E-state index contributed by atoms with van der Waals surface area (Å²) in [5.74, 6) is 2.98. The summed E-state index contributed by atoms with van der Waals surface area (Å²) in [7, 11) is 0. The average Bonchev–Trinajstić information content (AvgIpc) is 2.88. The molecule has 0 spiro atoms. The molecule has 1 heterocycles. The Bertz CT molecular complexity index is 229.